The van der Waals surface area contributed by atoms with Gasteiger partial charge in [-0.1, -0.05) is 72.8 Å². The van der Waals surface area contributed by atoms with Gasteiger partial charge in [0.05, 0.1) is 0 Å². The third kappa shape index (κ3) is 4.82. The van der Waals surface area contributed by atoms with Gasteiger partial charge in [-0.05, 0) is 70.8 Å². The number of hydrogen-bond acceptors (Lipinski definition) is 4. The third-order valence-corrected chi connectivity index (χ3v) is 6.02. The van der Waals surface area contributed by atoms with Crippen LogP contribution in [0.25, 0.3) is 22.3 Å². The van der Waals surface area contributed by atoms with Gasteiger partial charge in [0.2, 0.25) is 0 Å². The normalized spacial score (nSPS) is 11.7. The molecule has 4 nitrogen and oxygen atoms in total. The number of nitrogens with two attached hydrogens (primary N) is 3. The van der Waals surface area contributed by atoms with Crippen LogP contribution in [-0.4, -0.2) is 0 Å². The smallest absolute Gasteiger partial charge is 0.150 e. The van der Waals surface area contributed by atoms with Crippen LogP contribution in [0, 0.1) is 0 Å². The Balaban J connectivity index is 0.000000158. The zero-order valence-electron chi connectivity index (χ0n) is 19.3. The molecule has 0 fully saturated rings. The van der Waals surface area contributed by atoms with Crippen molar-refractivity contribution in [1.82, 2.24) is 0 Å². The van der Waals surface area contributed by atoms with Crippen molar-refractivity contribution in [2.75, 3.05) is 17.2 Å². The quantitative estimate of drug-likeness (QED) is 0.256. The van der Waals surface area contributed by atoms with Crippen molar-refractivity contribution in [3.63, 3.8) is 0 Å². The van der Waals surface area contributed by atoms with Crippen LogP contribution >= 0.6 is 0 Å². The molecule has 172 valence electrons. The second-order valence-electron chi connectivity index (χ2n) is 8.49. The van der Waals surface area contributed by atoms with Crippen LogP contribution in [0.15, 0.2) is 121 Å². The van der Waals surface area contributed by atoms with Crippen LogP contribution < -0.4 is 21.9 Å². The summed E-state index contributed by atoms with van der Waals surface area (Å²) in [6.07, 6.45) is -0.0546. The largest absolute Gasteiger partial charge is 0.481 e. The number of fused-ring (bicyclic) bond motifs is 3. The average Bonchev–Trinajstić information content (AvgIpc) is 3.20. The molecule has 5 aromatic carbocycles. The van der Waals surface area contributed by atoms with Crippen molar-refractivity contribution in [3.05, 3.63) is 132 Å². The van der Waals surface area contributed by atoms with Crippen LogP contribution in [0.4, 0.5) is 17.1 Å². The third-order valence-electron chi connectivity index (χ3n) is 6.02. The Bertz CT molecular complexity index is 1370. The first-order chi connectivity index (χ1) is 17.1. The maximum atomic E-state index is 6.23. The lowest BCUT2D eigenvalue weighted by Gasteiger charge is -2.16. The molecular weight excluding hydrogens is 430 g/mol. The van der Waals surface area contributed by atoms with E-state index < -0.39 is 0 Å². The van der Waals surface area contributed by atoms with Crippen LogP contribution in [0.1, 0.15) is 17.2 Å². The molecule has 0 unspecified atom stereocenters. The molecule has 6 N–H and O–H groups in total. The summed E-state index contributed by atoms with van der Waals surface area (Å²) in [5, 5.41) is 0. The SMILES string of the molecule is Nc1ccc(OC2c3ccccc3-c3ccccc32)cc1.Nc1cccc(-c2cccc(N)c2)c1. The molecule has 4 heteroatoms. The fourth-order valence-corrected chi connectivity index (χ4v) is 4.36. The van der Waals surface area contributed by atoms with Gasteiger partial charge in [-0.25, -0.2) is 0 Å². The lowest BCUT2D eigenvalue weighted by Crippen LogP contribution is -2.05. The van der Waals surface area contributed by atoms with Gasteiger partial charge in [0, 0.05) is 28.2 Å². The molecule has 0 atom stereocenters. The second-order valence-corrected chi connectivity index (χ2v) is 8.49. The molecule has 0 saturated heterocycles. The summed E-state index contributed by atoms with van der Waals surface area (Å²) in [5.41, 5.74) is 26.6. The number of nitrogen functional groups attached to an aromatic ring is 3. The lowest BCUT2D eigenvalue weighted by molar-refractivity contribution is 0.252. The summed E-state index contributed by atoms with van der Waals surface area (Å²) in [4.78, 5) is 0. The van der Waals surface area contributed by atoms with E-state index in [0.717, 1.165) is 33.9 Å². The minimum Gasteiger partial charge on any atom is -0.481 e. The number of ether oxygens (including phenoxy) is 1. The van der Waals surface area contributed by atoms with E-state index in [1.165, 1.54) is 22.3 Å². The second kappa shape index (κ2) is 9.65. The lowest BCUT2D eigenvalue weighted by atomic mass is 10.0. The minimum absolute atomic E-state index is 0.0546. The van der Waals surface area contributed by atoms with Crippen LogP contribution in [0.5, 0.6) is 5.75 Å². The van der Waals surface area contributed by atoms with Gasteiger partial charge in [-0.15, -0.1) is 0 Å². The van der Waals surface area contributed by atoms with Crippen molar-refractivity contribution in [3.8, 4) is 28.0 Å². The van der Waals surface area contributed by atoms with E-state index in [0.29, 0.717) is 0 Å². The number of rotatable bonds is 3. The molecule has 5 aromatic rings. The molecule has 1 aliphatic carbocycles. The molecule has 0 saturated carbocycles. The number of anilines is 3. The predicted molar refractivity (Wildman–Crippen MR) is 146 cm³/mol. The van der Waals surface area contributed by atoms with Crippen LogP contribution in [-0.2, 0) is 0 Å². The van der Waals surface area contributed by atoms with Gasteiger partial charge >= 0.3 is 0 Å². The first kappa shape index (κ1) is 22.1. The predicted octanol–water partition coefficient (Wildman–Crippen LogP) is 6.94. The average molecular weight is 458 g/mol. The number of hydrogen-bond donors (Lipinski definition) is 3. The Kier molecular flexibility index (Phi) is 6.10. The summed E-state index contributed by atoms with van der Waals surface area (Å²) in [5.74, 6) is 0.834. The van der Waals surface area contributed by atoms with E-state index in [-0.39, 0.29) is 6.10 Å². The fraction of sp³-hybridized carbons (Fsp3) is 0.0323. The Hall–Kier alpha value is -4.70. The standard InChI is InChI=1S/C19H15NO.C12H12N2/c20-13-9-11-14(12-10-13)21-19-17-7-3-1-5-15(17)16-6-2-4-8-18(16)19;13-11-5-1-3-9(7-11)10-4-2-6-12(14)8-10/h1-12,19H,20H2;1-8H,13-14H2. The van der Waals surface area contributed by atoms with E-state index in [1.54, 1.807) is 0 Å². The van der Waals surface area contributed by atoms with Gasteiger partial charge < -0.3 is 21.9 Å². The zero-order valence-corrected chi connectivity index (χ0v) is 19.3. The molecule has 1 aliphatic rings. The zero-order chi connectivity index (χ0) is 24.2. The van der Waals surface area contributed by atoms with Crippen LogP contribution in [0.2, 0.25) is 0 Å². The summed E-state index contributed by atoms with van der Waals surface area (Å²) in [6.45, 7) is 0. The molecule has 0 amide bonds. The highest BCUT2D eigenvalue weighted by Crippen LogP contribution is 2.45. The highest BCUT2D eigenvalue weighted by Gasteiger charge is 2.29. The monoisotopic (exact) mass is 457 g/mol. The maximum absolute atomic E-state index is 6.23. The van der Waals surface area contributed by atoms with Gasteiger partial charge in [0.25, 0.3) is 0 Å². The molecule has 35 heavy (non-hydrogen) atoms. The van der Waals surface area contributed by atoms with Crippen molar-refractivity contribution in [2.45, 2.75) is 6.10 Å². The molecule has 0 aromatic heterocycles. The summed E-state index contributed by atoms with van der Waals surface area (Å²) < 4.78 is 6.23. The van der Waals surface area contributed by atoms with Crippen molar-refractivity contribution < 1.29 is 4.74 Å². The van der Waals surface area contributed by atoms with Gasteiger partial charge in [0.15, 0.2) is 6.10 Å². The topological polar surface area (TPSA) is 87.3 Å². The molecule has 0 aliphatic heterocycles. The molecule has 0 bridgehead atoms. The first-order valence-corrected chi connectivity index (χ1v) is 11.5. The molecular formula is C31H27N3O. The Morgan fingerprint density at radius 3 is 1.43 bits per heavy atom. The summed E-state index contributed by atoms with van der Waals surface area (Å²) >= 11 is 0. The van der Waals surface area contributed by atoms with E-state index >= 15 is 0 Å². The number of benzene rings is 5. The van der Waals surface area contributed by atoms with Gasteiger partial charge in [0.1, 0.15) is 5.75 Å². The highest BCUT2D eigenvalue weighted by molar-refractivity contribution is 5.78. The van der Waals surface area contributed by atoms with Crippen molar-refractivity contribution in [1.29, 1.82) is 0 Å². The van der Waals surface area contributed by atoms with E-state index in [2.05, 4.69) is 48.5 Å². The van der Waals surface area contributed by atoms with Crippen molar-refractivity contribution >= 4 is 17.1 Å². The van der Waals surface area contributed by atoms with Gasteiger partial charge in [-0.2, -0.15) is 0 Å². The highest BCUT2D eigenvalue weighted by atomic mass is 16.5. The molecule has 6 rings (SSSR count). The minimum atomic E-state index is -0.0546. The van der Waals surface area contributed by atoms with Crippen LogP contribution in [0.3, 0.4) is 0 Å². The molecule has 0 radical (unpaired) electrons. The van der Waals surface area contributed by atoms with Gasteiger partial charge in [-0.3, -0.25) is 0 Å². The molecule has 0 heterocycles. The van der Waals surface area contributed by atoms with Crippen molar-refractivity contribution in [2.24, 2.45) is 0 Å². The Labute approximate surface area is 205 Å². The Morgan fingerprint density at radius 1 is 0.457 bits per heavy atom. The molecule has 0 spiro atoms. The Morgan fingerprint density at radius 2 is 0.943 bits per heavy atom. The van der Waals surface area contributed by atoms with E-state index in [4.69, 9.17) is 21.9 Å². The maximum Gasteiger partial charge on any atom is 0.150 e. The van der Waals surface area contributed by atoms with E-state index in [1.807, 2.05) is 72.8 Å². The summed E-state index contributed by atoms with van der Waals surface area (Å²) in [7, 11) is 0. The van der Waals surface area contributed by atoms with E-state index in [9.17, 15) is 0 Å². The fourth-order valence-electron chi connectivity index (χ4n) is 4.36. The summed E-state index contributed by atoms with van der Waals surface area (Å²) in [6, 6.07) is 39.9. The first-order valence-electron chi connectivity index (χ1n) is 11.5.